The molecule has 0 radical (unpaired) electrons. The second-order valence-corrected chi connectivity index (χ2v) is 9.49. The smallest absolute Gasteiger partial charge is 0.323 e. The number of hydrogen-bond donors (Lipinski definition) is 2. The molecule has 188 valence electrons. The number of benzene rings is 1. The minimum absolute atomic E-state index is 0.0310. The van der Waals surface area contributed by atoms with Crippen LogP contribution in [-0.4, -0.2) is 57.2 Å². The molecule has 9 nitrogen and oxygen atoms in total. The number of fused-ring (bicyclic) bond motifs is 1. The number of hydrogen-bond acceptors (Lipinski definition) is 7. The molecule has 1 fully saturated rings. The van der Waals surface area contributed by atoms with E-state index in [4.69, 9.17) is 14.5 Å². The number of aryl methyl sites for hydroxylation is 2. The quantitative estimate of drug-likeness (QED) is 0.450. The first kappa shape index (κ1) is 25.1. The third kappa shape index (κ3) is 5.47. The summed E-state index contributed by atoms with van der Waals surface area (Å²) in [5, 5.41) is 13.0. The molecule has 0 spiro atoms. The van der Waals surface area contributed by atoms with Crippen molar-refractivity contribution in [3.8, 4) is 11.4 Å². The topological polar surface area (TPSA) is 108 Å². The van der Waals surface area contributed by atoms with E-state index in [1.807, 2.05) is 42.7 Å². The first-order chi connectivity index (χ1) is 16.8. The Kier molecular flexibility index (Phi) is 7.69. The maximum Gasteiger partial charge on any atom is 0.323 e. The Morgan fingerprint density at radius 3 is 2.80 bits per heavy atom. The highest BCUT2D eigenvalue weighted by Crippen LogP contribution is 2.26. The number of aliphatic hydroxyl groups excluding tert-OH is 1. The van der Waals surface area contributed by atoms with Crippen molar-refractivity contribution in [2.24, 2.45) is 13.0 Å². The van der Waals surface area contributed by atoms with Crippen molar-refractivity contribution < 1.29 is 19.4 Å². The third-order valence-corrected chi connectivity index (χ3v) is 6.37. The molecule has 2 aromatic heterocycles. The summed E-state index contributed by atoms with van der Waals surface area (Å²) in [6.07, 6.45) is 2.33. The van der Waals surface area contributed by atoms with Gasteiger partial charge >= 0.3 is 5.97 Å². The second-order valence-electron chi connectivity index (χ2n) is 9.49. The highest BCUT2D eigenvalue weighted by Gasteiger charge is 2.28. The van der Waals surface area contributed by atoms with Gasteiger partial charge in [0.15, 0.2) is 0 Å². The zero-order chi connectivity index (χ0) is 25.1. The van der Waals surface area contributed by atoms with Crippen LogP contribution in [0.4, 0.5) is 0 Å². The molecule has 1 aliphatic heterocycles. The Morgan fingerprint density at radius 1 is 1.34 bits per heavy atom. The maximum atomic E-state index is 12.7. The molecule has 9 heteroatoms. The lowest BCUT2D eigenvalue weighted by atomic mass is 10.0. The van der Waals surface area contributed by atoms with E-state index in [1.54, 1.807) is 24.7 Å². The minimum atomic E-state index is -0.428. The van der Waals surface area contributed by atoms with Crippen LogP contribution in [0.25, 0.3) is 22.4 Å². The molecule has 2 unspecified atom stereocenters. The first-order valence-corrected chi connectivity index (χ1v) is 12.1. The van der Waals surface area contributed by atoms with Gasteiger partial charge in [0.05, 0.1) is 30.9 Å². The summed E-state index contributed by atoms with van der Waals surface area (Å²) in [7, 11) is 1.72. The largest absolute Gasteiger partial charge is 0.459 e. The normalized spacial score (nSPS) is 16.8. The van der Waals surface area contributed by atoms with Crippen molar-refractivity contribution >= 4 is 17.0 Å². The second kappa shape index (κ2) is 10.7. The first-order valence-electron chi connectivity index (χ1n) is 12.1. The Morgan fingerprint density at radius 2 is 2.14 bits per heavy atom. The molecule has 0 amide bonds. The van der Waals surface area contributed by atoms with Crippen LogP contribution in [0.5, 0.6) is 0 Å². The van der Waals surface area contributed by atoms with Gasteiger partial charge in [-0.2, -0.15) is 0 Å². The summed E-state index contributed by atoms with van der Waals surface area (Å²) < 4.78 is 14.4. The molecule has 3 heterocycles. The van der Waals surface area contributed by atoms with Gasteiger partial charge in [0.25, 0.3) is 5.56 Å². The van der Waals surface area contributed by atoms with Crippen molar-refractivity contribution in [2.45, 2.75) is 52.4 Å². The summed E-state index contributed by atoms with van der Waals surface area (Å²) in [5.74, 6) is 0.508. The van der Waals surface area contributed by atoms with Crippen LogP contribution in [0.2, 0.25) is 0 Å². The molecule has 4 rings (SSSR count). The number of nitrogens with zero attached hydrogens (tertiary/aromatic N) is 3. The van der Waals surface area contributed by atoms with Crippen LogP contribution >= 0.6 is 0 Å². The van der Waals surface area contributed by atoms with Crippen LogP contribution in [0.15, 0.2) is 35.3 Å². The van der Waals surface area contributed by atoms with E-state index in [-0.39, 0.29) is 30.2 Å². The van der Waals surface area contributed by atoms with Gasteiger partial charge in [-0.1, -0.05) is 19.9 Å². The van der Waals surface area contributed by atoms with Gasteiger partial charge in [-0.3, -0.25) is 9.59 Å². The lowest BCUT2D eigenvalue weighted by Crippen LogP contribution is -2.43. The molecule has 0 saturated carbocycles. The van der Waals surface area contributed by atoms with Gasteiger partial charge in [-0.25, -0.2) is 4.98 Å². The van der Waals surface area contributed by atoms with E-state index < -0.39 is 6.04 Å². The average Bonchev–Trinajstić information content (AvgIpc) is 3.45. The monoisotopic (exact) mass is 482 g/mol. The number of imidazole rings is 1. The van der Waals surface area contributed by atoms with Gasteiger partial charge in [0.1, 0.15) is 18.0 Å². The van der Waals surface area contributed by atoms with Gasteiger partial charge in [0, 0.05) is 43.9 Å². The van der Waals surface area contributed by atoms with E-state index in [0.717, 1.165) is 28.6 Å². The van der Waals surface area contributed by atoms with E-state index in [9.17, 15) is 14.7 Å². The Balaban J connectivity index is 1.58. The van der Waals surface area contributed by atoms with Crippen LogP contribution in [-0.2, 0) is 34.4 Å². The predicted octanol–water partition coefficient (Wildman–Crippen LogP) is 2.15. The minimum Gasteiger partial charge on any atom is -0.459 e. The number of pyridine rings is 1. The SMILES string of the molecule is Cc1cc(-c2nc3cc(CNC(C(=O)OC4CCOC4)C(C)C)ccc3n2CCO)cn(C)c1=O. The van der Waals surface area contributed by atoms with Crippen molar-refractivity contribution in [1.82, 2.24) is 19.4 Å². The van der Waals surface area contributed by atoms with Gasteiger partial charge in [0.2, 0.25) is 0 Å². The standard InChI is InChI=1S/C26H34N4O5/c1-16(2)23(26(33)35-20-7-10-34-15-20)27-13-18-5-6-22-21(12-18)28-24(30(22)8-9-31)19-11-17(3)25(32)29(4)14-19/h5-6,11-12,14,16,20,23,27,31H,7-10,13,15H2,1-4H3. The summed E-state index contributed by atoms with van der Waals surface area (Å²) in [6.45, 7) is 7.69. The van der Waals surface area contributed by atoms with Crippen molar-refractivity contribution in [2.75, 3.05) is 19.8 Å². The van der Waals surface area contributed by atoms with Gasteiger partial charge < -0.3 is 29.0 Å². The molecule has 2 atom stereocenters. The zero-order valence-electron chi connectivity index (χ0n) is 20.8. The number of rotatable bonds is 9. The van der Waals surface area contributed by atoms with Gasteiger partial charge in [-0.05, 0) is 36.6 Å². The van der Waals surface area contributed by atoms with Crippen molar-refractivity contribution in [3.05, 3.63) is 51.9 Å². The Labute approximate surface area is 204 Å². The van der Waals surface area contributed by atoms with E-state index in [2.05, 4.69) is 5.32 Å². The Bertz CT molecular complexity index is 1230. The predicted molar refractivity (Wildman–Crippen MR) is 133 cm³/mol. The van der Waals surface area contributed by atoms with Crippen molar-refractivity contribution in [3.63, 3.8) is 0 Å². The molecule has 1 aromatic carbocycles. The number of aliphatic hydroxyl groups is 1. The van der Waals surface area contributed by atoms with Crippen molar-refractivity contribution in [1.29, 1.82) is 0 Å². The number of carbonyl (C=O) groups is 1. The summed E-state index contributed by atoms with van der Waals surface area (Å²) >= 11 is 0. The molecular formula is C26H34N4O5. The molecule has 35 heavy (non-hydrogen) atoms. The lowest BCUT2D eigenvalue weighted by molar-refractivity contribution is -0.152. The highest BCUT2D eigenvalue weighted by molar-refractivity contribution is 5.81. The number of ether oxygens (including phenoxy) is 2. The van der Waals surface area contributed by atoms with Crippen LogP contribution in [0, 0.1) is 12.8 Å². The lowest BCUT2D eigenvalue weighted by Gasteiger charge is -2.22. The van der Waals surface area contributed by atoms with Crippen LogP contribution < -0.4 is 10.9 Å². The zero-order valence-corrected chi connectivity index (χ0v) is 20.8. The number of esters is 1. The number of nitrogens with one attached hydrogen (secondary N) is 1. The van der Waals surface area contributed by atoms with Crippen LogP contribution in [0.3, 0.4) is 0 Å². The molecule has 1 saturated heterocycles. The van der Waals surface area contributed by atoms with E-state index in [0.29, 0.717) is 37.7 Å². The maximum absolute atomic E-state index is 12.7. The Hall–Kier alpha value is -3.01. The molecule has 0 aliphatic carbocycles. The third-order valence-electron chi connectivity index (χ3n) is 6.37. The fraction of sp³-hybridized carbons (Fsp3) is 0.500. The van der Waals surface area contributed by atoms with Crippen LogP contribution in [0.1, 0.15) is 31.4 Å². The molecular weight excluding hydrogens is 448 g/mol. The summed E-state index contributed by atoms with van der Waals surface area (Å²) in [6, 6.07) is 7.36. The van der Waals surface area contributed by atoms with E-state index in [1.165, 1.54) is 0 Å². The summed E-state index contributed by atoms with van der Waals surface area (Å²) in [4.78, 5) is 29.7. The highest BCUT2D eigenvalue weighted by atomic mass is 16.6. The molecule has 2 N–H and O–H groups in total. The molecule has 3 aromatic rings. The fourth-order valence-electron chi connectivity index (χ4n) is 4.49. The molecule has 0 bridgehead atoms. The number of aromatic nitrogens is 3. The fourth-order valence-corrected chi connectivity index (χ4v) is 4.49. The van der Waals surface area contributed by atoms with Gasteiger partial charge in [-0.15, -0.1) is 0 Å². The number of carbonyl (C=O) groups excluding carboxylic acids is 1. The average molecular weight is 483 g/mol. The van der Waals surface area contributed by atoms with E-state index >= 15 is 0 Å². The molecule has 1 aliphatic rings. The summed E-state index contributed by atoms with van der Waals surface area (Å²) in [5.41, 5.74) is 4.06.